The number of piperidine rings is 1. The fraction of sp³-hybridized carbons (Fsp3) is 0.429. The number of likely N-dealkylation sites (tertiary alicyclic amines) is 1. The molecule has 1 aliphatic rings. The van der Waals surface area contributed by atoms with Gasteiger partial charge in [-0.1, -0.05) is 6.07 Å². The fourth-order valence-corrected chi connectivity index (χ4v) is 3.74. The second-order valence-electron chi connectivity index (χ2n) is 6.85. The number of rotatable bonds is 7. The number of nitrogens with zero attached hydrogens (tertiary/aromatic N) is 2. The van der Waals surface area contributed by atoms with Crippen LogP contribution in [0.5, 0.6) is 17.4 Å². The van der Waals surface area contributed by atoms with E-state index < -0.39 is 6.61 Å². The Morgan fingerprint density at radius 1 is 1.24 bits per heavy atom. The van der Waals surface area contributed by atoms with Crippen LogP contribution >= 0.6 is 0 Å². The van der Waals surface area contributed by atoms with E-state index in [0.717, 1.165) is 24.0 Å². The first-order valence-electron chi connectivity index (χ1n) is 9.35. The average Bonchev–Trinajstić information content (AvgIpc) is 2.70. The SMILES string of the molecule is COc1cccc(OC)c1C1CCCC(=O)N1Cc1cnc(OC(F)F)c(C)c1. The van der Waals surface area contributed by atoms with Gasteiger partial charge in [0.25, 0.3) is 0 Å². The van der Waals surface area contributed by atoms with Crippen LogP contribution in [0.25, 0.3) is 0 Å². The lowest BCUT2D eigenvalue weighted by Gasteiger charge is -2.37. The molecule has 0 bridgehead atoms. The second kappa shape index (κ2) is 9.07. The maximum atomic E-state index is 12.8. The zero-order valence-electron chi connectivity index (χ0n) is 16.7. The first-order valence-corrected chi connectivity index (χ1v) is 9.35. The fourth-order valence-electron chi connectivity index (χ4n) is 3.74. The van der Waals surface area contributed by atoms with Crippen LogP contribution in [0.4, 0.5) is 8.78 Å². The van der Waals surface area contributed by atoms with Gasteiger partial charge in [-0.2, -0.15) is 8.78 Å². The molecule has 8 heteroatoms. The van der Waals surface area contributed by atoms with Crippen molar-refractivity contribution in [1.82, 2.24) is 9.88 Å². The molecule has 1 atom stereocenters. The van der Waals surface area contributed by atoms with Crippen molar-refractivity contribution >= 4 is 5.91 Å². The van der Waals surface area contributed by atoms with Gasteiger partial charge in [0.2, 0.25) is 11.8 Å². The topological polar surface area (TPSA) is 60.9 Å². The number of carbonyl (C=O) groups excluding carboxylic acids is 1. The predicted molar refractivity (Wildman–Crippen MR) is 102 cm³/mol. The molecule has 156 valence electrons. The molecular formula is C21H24F2N2O4. The van der Waals surface area contributed by atoms with E-state index in [1.165, 1.54) is 6.20 Å². The number of halogens is 2. The van der Waals surface area contributed by atoms with Gasteiger partial charge in [0.05, 0.1) is 25.8 Å². The van der Waals surface area contributed by atoms with E-state index in [4.69, 9.17) is 9.47 Å². The van der Waals surface area contributed by atoms with Gasteiger partial charge in [0.1, 0.15) is 11.5 Å². The molecule has 29 heavy (non-hydrogen) atoms. The number of aryl methyl sites for hydroxylation is 1. The number of methoxy groups -OCH3 is 2. The highest BCUT2D eigenvalue weighted by Crippen LogP contribution is 2.42. The number of aromatic nitrogens is 1. The first-order chi connectivity index (χ1) is 13.9. The van der Waals surface area contributed by atoms with Crippen molar-refractivity contribution in [3.63, 3.8) is 0 Å². The molecule has 3 rings (SSSR count). The van der Waals surface area contributed by atoms with Gasteiger partial charge >= 0.3 is 6.61 Å². The average molecular weight is 406 g/mol. The van der Waals surface area contributed by atoms with Crippen LogP contribution in [0.15, 0.2) is 30.5 Å². The van der Waals surface area contributed by atoms with Crippen LogP contribution in [0.3, 0.4) is 0 Å². The molecule has 1 aromatic carbocycles. The predicted octanol–water partition coefficient (Wildman–Crippen LogP) is 4.26. The van der Waals surface area contributed by atoms with Crippen molar-refractivity contribution < 1.29 is 27.8 Å². The Morgan fingerprint density at radius 3 is 2.52 bits per heavy atom. The van der Waals surface area contributed by atoms with E-state index in [2.05, 4.69) is 9.72 Å². The number of alkyl halides is 2. The largest absolute Gasteiger partial charge is 0.496 e. The van der Waals surface area contributed by atoms with Gasteiger partial charge in [-0.25, -0.2) is 4.98 Å². The van der Waals surface area contributed by atoms with Crippen molar-refractivity contribution in [2.24, 2.45) is 0 Å². The van der Waals surface area contributed by atoms with Crippen LogP contribution in [0.2, 0.25) is 0 Å². The Bertz CT molecular complexity index is 854. The zero-order valence-corrected chi connectivity index (χ0v) is 16.7. The number of pyridine rings is 1. The number of hydrogen-bond donors (Lipinski definition) is 0. The second-order valence-corrected chi connectivity index (χ2v) is 6.85. The van der Waals surface area contributed by atoms with Gasteiger partial charge in [-0.15, -0.1) is 0 Å². The maximum absolute atomic E-state index is 12.8. The highest BCUT2D eigenvalue weighted by Gasteiger charge is 2.33. The number of hydrogen-bond acceptors (Lipinski definition) is 5. The van der Waals surface area contributed by atoms with Gasteiger partial charge in [-0.3, -0.25) is 4.79 Å². The molecule has 1 saturated heterocycles. The Labute approximate surface area is 168 Å². The Hall–Kier alpha value is -2.90. The Kier molecular flexibility index (Phi) is 6.51. The van der Waals surface area contributed by atoms with Crippen molar-refractivity contribution in [2.75, 3.05) is 14.2 Å². The summed E-state index contributed by atoms with van der Waals surface area (Å²) in [7, 11) is 3.17. The van der Waals surface area contributed by atoms with E-state index in [9.17, 15) is 13.6 Å². The van der Waals surface area contributed by atoms with E-state index in [1.807, 2.05) is 18.2 Å². The lowest BCUT2D eigenvalue weighted by Crippen LogP contribution is -2.38. The van der Waals surface area contributed by atoms with Crippen molar-refractivity contribution in [1.29, 1.82) is 0 Å². The van der Waals surface area contributed by atoms with Crippen LogP contribution in [-0.2, 0) is 11.3 Å². The summed E-state index contributed by atoms with van der Waals surface area (Å²) in [5.41, 5.74) is 2.05. The highest BCUT2D eigenvalue weighted by molar-refractivity contribution is 5.78. The lowest BCUT2D eigenvalue weighted by molar-refractivity contribution is -0.137. The molecular weight excluding hydrogens is 382 g/mol. The standard InChI is InChI=1S/C21H24F2N2O4/c1-13-10-14(11-24-20(13)29-21(22)23)12-25-15(6-4-9-18(25)26)19-16(27-2)7-5-8-17(19)28-3/h5,7-8,10-11,15,21H,4,6,9,12H2,1-3H3. The summed E-state index contributed by atoms with van der Waals surface area (Å²) in [6.07, 6.45) is 3.44. The van der Waals surface area contributed by atoms with Crippen LogP contribution in [0, 0.1) is 6.92 Å². The lowest BCUT2D eigenvalue weighted by atomic mass is 9.92. The molecule has 0 N–H and O–H groups in total. The third kappa shape index (κ3) is 4.58. The summed E-state index contributed by atoms with van der Waals surface area (Å²) >= 11 is 0. The molecule has 1 fully saturated rings. The first kappa shape index (κ1) is 20.8. The van der Waals surface area contributed by atoms with E-state index in [-0.39, 0.29) is 17.8 Å². The van der Waals surface area contributed by atoms with Crippen LogP contribution in [-0.4, -0.2) is 36.6 Å². The molecule has 0 aliphatic carbocycles. The number of benzene rings is 1. The smallest absolute Gasteiger partial charge is 0.388 e. The molecule has 1 unspecified atom stereocenters. The maximum Gasteiger partial charge on any atom is 0.388 e. The highest BCUT2D eigenvalue weighted by atomic mass is 19.3. The number of carbonyl (C=O) groups is 1. The van der Waals surface area contributed by atoms with Crippen LogP contribution < -0.4 is 14.2 Å². The van der Waals surface area contributed by atoms with Gasteiger partial charge in [-0.05, 0) is 43.5 Å². The van der Waals surface area contributed by atoms with E-state index in [1.54, 1.807) is 32.1 Å². The summed E-state index contributed by atoms with van der Waals surface area (Å²) in [4.78, 5) is 18.5. The minimum atomic E-state index is -2.93. The minimum Gasteiger partial charge on any atom is -0.496 e. The monoisotopic (exact) mass is 406 g/mol. The molecule has 2 aromatic rings. The molecule has 0 spiro atoms. The van der Waals surface area contributed by atoms with Crippen LogP contribution in [0.1, 0.15) is 42.0 Å². The van der Waals surface area contributed by atoms with Crippen molar-refractivity contribution in [3.05, 3.63) is 47.2 Å². The summed E-state index contributed by atoms with van der Waals surface area (Å²) < 4.78 is 40.4. The molecule has 1 amide bonds. The van der Waals surface area contributed by atoms with E-state index in [0.29, 0.717) is 30.0 Å². The number of ether oxygens (including phenoxy) is 3. The molecule has 0 saturated carbocycles. The summed E-state index contributed by atoms with van der Waals surface area (Å²) in [6.45, 7) is -0.987. The molecule has 6 nitrogen and oxygen atoms in total. The summed E-state index contributed by atoms with van der Waals surface area (Å²) in [6, 6.07) is 7.02. The van der Waals surface area contributed by atoms with Gasteiger partial charge in [0.15, 0.2) is 0 Å². The molecule has 1 aromatic heterocycles. The van der Waals surface area contributed by atoms with Crippen molar-refractivity contribution in [3.8, 4) is 17.4 Å². The third-order valence-electron chi connectivity index (χ3n) is 5.00. The minimum absolute atomic E-state index is 0.0137. The van der Waals surface area contributed by atoms with E-state index >= 15 is 0 Å². The Balaban J connectivity index is 1.93. The van der Waals surface area contributed by atoms with Gasteiger partial charge in [0, 0.05) is 24.7 Å². The summed E-state index contributed by atoms with van der Waals surface area (Å²) in [5, 5.41) is 0. The molecule has 2 heterocycles. The normalized spacial score (nSPS) is 16.8. The Morgan fingerprint density at radius 2 is 1.93 bits per heavy atom. The van der Waals surface area contributed by atoms with Gasteiger partial charge < -0.3 is 19.1 Å². The quantitative estimate of drug-likeness (QED) is 0.688. The zero-order chi connectivity index (χ0) is 21.0. The summed E-state index contributed by atoms with van der Waals surface area (Å²) in [5.74, 6) is 1.21. The number of amides is 1. The molecule has 1 aliphatic heterocycles. The third-order valence-corrected chi connectivity index (χ3v) is 5.00. The van der Waals surface area contributed by atoms with Crippen molar-refractivity contribution in [2.45, 2.75) is 45.4 Å². The molecule has 0 radical (unpaired) electrons.